The van der Waals surface area contributed by atoms with Crippen LogP contribution in [-0.4, -0.2) is 44.7 Å². The number of carbonyl (C=O) groups is 1. The van der Waals surface area contributed by atoms with Crippen LogP contribution in [0.4, 0.5) is 11.4 Å². The van der Waals surface area contributed by atoms with Crippen molar-refractivity contribution in [1.82, 2.24) is 10.2 Å². The highest BCUT2D eigenvalue weighted by atomic mass is 16.7. The second-order valence-electron chi connectivity index (χ2n) is 4.82. The Morgan fingerprint density at radius 1 is 1.29 bits per heavy atom. The van der Waals surface area contributed by atoms with Crippen molar-refractivity contribution in [2.45, 2.75) is 6.42 Å². The molecule has 0 saturated carbocycles. The third kappa shape index (κ3) is 8.09. The Labute approximate surface area is 126 Å². The van der Waals surface area contributed by atoms with Gasteiger partial charge in [-0.05, 0) is 63.9 Å². The summed E-state index contributed by atoms with van der Waals surface area (Å²) in [5, 5.41) is 5.85. The Kier molecular flexibility index (Phi) is 8.11. The normalized spacial score (nSPS) is 10.4. The first-order valence-electron chi connectivity index (χ1n) is 6.88. The van der Waals surface area contributed by atoms with Gasteiger partial charge in [0.25, 0.3) is 0 Å². The van der Waals surface area contributed by atoms with Gasteiger partial charge in [0, 0.05) is 5.69 Å². The number of hydrogen-bond donors (Lipinski definition) is 3. The zero-order valence-corrected chi connectivity index (χ0v) is 12.7. The molecule has 0 saturated heterocycles. The molecular formula is C15H24N4O2. The first-order valence-corrected chi connectivity index (χ1v) is 6.88. The van der Waals surface area contributed by atoms with Crippen molar-refractivity contribution in [2.24, 2.45) is 0 Å². The van der Waals surface area contributed by atoms with Crippen LogP contribution in [0.25, 0.3) is 0 Å². The highest BCUT2D eigenvalue weighted by Crippen LogP contribution is 2.13. The zero-order valence-electron chi connectivity index (χ0n) is 12.7. The zero-order chi connectivity index (χ0) is 15.5. The van der Waals surface area contributed by atoms with E-state index in [1.165, 1.54) is 6.08 Å². The molecule has 0 heterocycles. The van der Waals surface area contributed by atoms with Crippen molar-refractivity contribution in [3.63, 3.8) is 0 Å². The fraction of sp³-hybridized carbons (Fsp3) is 0.400. The van der Waals surface area contributed by atoms with Crippen LogP contribution < -0.4 is 16.1 Å². The molecule has 0 radical (unpaired) electrons. The number of anilines is 2. The Hall–Kier alpha value is -1.89. The van der Waals surface area contributed by atoms with Crippen LogP contribution in [-0.2, 0) is 9.63 Å². The lowest BCUT2D eigenvalue weighted by Gasteiger charge is -2.11. The molecule has 116 valence electrons. The van der Waals surface area contributed by atoms with Crippen molar-refractivity contribution in [2.75, 3.05) is 44.7 Å². The summed E-state index contributed by atoms with van der Waals surface area (Å²) in [6.07, 6.45) is 2.31. The van der Waals surface area contributed by atoms with Crippen LogP contribution in [0.15, 0.2) is 36.9 Å². The molecule has 1 aromatic rings. The summed E-state index contributed by atoms with van der Waals surface area (Å²) < 4.78 is 0. The molecule has 0 aliphatic carbocycles. The van der Waals surface area contributed by atoms with E-state index in [0.29, 0.717) is 12.4 Å². The van der Waals surface area contributed by atoms with E-state index in [0.717, 1.165) is 25.2 Å². The number of hydrogen-bond acceptors (Lipinski definition) is 5. The summed E-state index contributed by atoms with van der Waals surface area (Å²) in [6, 6.07) is 7.23. The van der Waals surface area contributed by atoms with E-state index in [2.05, 4.69) is 41.7 Å². The van der Waals surface area contributed by atoms with Crippen LogP contribution in [0, 0.1) is 0 Å². The molecule has 0 aliphatic heterocycles. The number of benzene rings is 1. The van der Waals surface area contributed by atoms with E-state index in [9.17, 15) is 4.79 Å². The molecule has 21 heavy (non-hydrogen) atoms. The molecule has 0 aliphatic rings. The second kappa shape index (κ2) is 9.93. The van der Waals surface area contributed by atoms with E-state index < -0.39 is 0 Å². The number of carbonyl (C=O) groups excluding carboxylic acids is 1. The first-order chi connectivity index (χ1) is 10.1. The molecule has 0 aromatic heterocycles. The molecule has 6 heteroatoms. The van der Waals surface area contributed by atoms with E-state index >= 15 is 0 Å². The summed E-state index contributed by atoms with van der Waals surface area (Å²) in [5.41, 5.74) is 4.37. The quantitative estimate of drug-likeness (QED) is 0.265. The van der Waals surface area contributed by atoms with Gasteiger partial charge < -0.3 is 10.2 Å². The third-order valence-corrected chi connectivity index (χ3v) is 2.66. The number of nitrogens with one attached hydrogen (secondary N) is 3. The van der Waals surface area contributed by atoms with Gasteiger partial charge in [-0.1, -0.05) is 6.58 Å². The van der Waals surface area contributed by atoms with Crippen LogP contribution in [0.5, 0.6) is 0 Å². The Morgan fingerprint density at radius 2 is 1.95 bits per heavy atom. The molecule has 0 bridgehead atoms. The number of rotatable bonds is 10. The molecule has 0 fully saturated rings. The minimum absolute atomic E-state index is 0.228. The predicted molar refractivity (Wildman–Crippen MR) is 86.0 cm³/mol. The maximum Gasteiger partial charge on any atom is 0.247 e. The summed E-state index contributed by atoms with van der Waals surface area (Å²) >= 11 is 0. The lowest BCUT2D eigenvalue weighted by Crippen LogP contribution is -2.24. The molecule has 3 N–H and O–H groups in total. The highest BCUT2D eigenvalue weighted by molar-refractivity contribution is 5.98. The number of nitrogens with zero attached hydrogens (tertiary/aromatic N) is 1. The van der Waals surface area contributed by atoms with Gasteiger partial charge in [-0.25, -0.2) is 0 Å². The highest BCUT2D eigenvalue weighted by Gasteiger charge is 1.97. The van der Waals surface area contributed by atoms with E-state index in [4.69, 9.17) is 4.84 Å². The van der Waals surface area contributed by atoms with Gasteiger partial charge in [0.05, 0.1) is 5.69 Å². The maximum atomic E-state index is 11.1. The average Bonchev–Trinajstić information content (AvgIpc) is 2.47. The molecule has 0 unspecified atom stereocenters. The lowest BCUT2D eigenvalue weighted by atomic mass is 10.3. The standard InChI is InChI=1S/C15H24N4O2/c1-4-15(20)17-13-6-8-14(9-7-13)18-21-12-16-10-5-11-19(2)3/h4,6-9,16,18H,1,5,10-12H2,2-3H3,(H,17,20). The fourth-order valence-corrected chi connectivity index (χ4v) is 1.58. The van der Waals surface area contributed by atoms with Crippen LogP contribution in [0.1, 0.15) is 6.42 Å². The predicted octanol–water partition coefficient (Wildman–Crippen LogP) is 1.65. The van der Waals surface area contributed by atoms with Gasteiger partial charge >= 0.3 is 0 Å². The smallest absolute Gasteiger partial charge is 0.247 e. The minimum atomic E-state index is -0.228. The number of amides is 1. The molecule has 0 spiro atoms. The van der Waals surface area contributed by atoms with E-state index in [-0.39, 0.29) is 5.91 Å². The largest absolute Gasteiger partial charge is 0.323 e. The average molecular weight is 292 g/mol. The van der Waals surface area contributed by atoms with Crippen molar-refractivity contribution in [1.29, 1.82) is 0 Å². The Morgan fingerprint density at radius 3 is 2.57 bits per heavy atom. The van der Waals surface area contributed by atoms with Gasteiger partial charge in [0.2, 0.25) is 5.91 Å². The first kappa shape index (κ1) is 17.2. The van der Waals surface area contributed by atoms with Crippen molar-refractivity contribution in [3.05, 3.63) is 36.9 Å². The van der Waals surface area contributed by atoms with Gasteiger partial charge in [-0.3, -0.25) is 20.4 Å². The summed E-state index contributed by atoms with van der Waals surface area (Å²) in [4.78, 5) is 18.6. The van der Waals surface area contributed by atoms with Gasteiger partial charge in [-0.2, -0.15) is 0 Å². The SMILES string of the molecule is C=CC(=O)Nc1ccc(NOCNCCCN(C)C)cc1. The molecular weight excluding hydrogens is 268 g/mol. The molecule has 1 aromatic carbocycles. The van der Waals surface area contributed by atoms with Crippen LogP contribution >= 0.6 is 0 Å². The van der Waals surface area contributed by atoms with Gasteiger partial charge in [0.1, 0.15) is 6.73 Å². The molecule has 6 nitrogen and oxygen atoms in total. The summed E-state index contributed by atoms with van der Waals surface area (Å²) in [5.74, 6) is -0.228. The van der Waals surface area contributed by atoms with E-state index in [1.807, 2.05) is 12.1 Å². The monoisotopic (exact) mass is 292 g/mol. The second-order valence-corrected chi connectivity index (χ2v) is 4.82. The van der Waals surface area contributed by atoms with Crippen molar-refractivity contribution >= 4 is 17.3 Å². The summed E-state index contributed by atoms with van der Waals surface area (Å²) in [6.45, 7) is 5.80. The van der Waals surface area contributed by atoms with Crippen molar-refractivity contribution in [3.8, 4) is 0 Å². The fourth-order valence-electron chi connectivity index (χ4n) is 1.58. The maximum absolute atomic E-state index is 11.1. The van der Waals surface area contributed by atoms with Gasteiger partial charge in [0.15, 0.2) is 0 Å². The van der Waals surface area contributed by atoms with Crippen LogP contribution in [0.2, 0.25) is 0 Å². The van der Waals surface area contributed by atoms with Gasteiger partial charge in [-0.15, -0.1) is 0 Å². The molecule has 1 rings (SSSR count). The Bertz CT molecular complexity index is 432. The van der Waals surface area contributed by atoms with Crippen LogP contribution in [0.3, 0.4) is 0 Å². The minimum Gasteiger partial charge on any atom is -0.323 e. The summed E-state index contributed by atoms with van der Waals surface area (Å²) in [7, 11) is 4.11. The lowest BCUT2D eigenvalue weighted by molar-refractivity contribution is -0.111. The van der Waals surface area contributed by atoms with Crippen molar-refractivity contribution < 1.29 is 9.63 Å². The molecule has 1 amide bonds. The Balaban J connectivity index is 2.15. The van der Waals surface area contributed by atoms with E-state index in [1.54, 1.807) is 12.1 Å². The molecule has 0 atom stereocenters. The third-order valence-electron chi connectivity index (χ3n) is 2.66. The topological polar surface area (TPSA) is 65.6 Å².